The van der Waals surface area contributed by atoms with Crippen molar-refractivity contribution in [3.05, 3.63) is 23.8 Å². The summed E-state index contributed by atoms with van der Waals surface area (Å²) in [6, 6.07) is 3.00. The molecule has 1 aromatic heterocycles. The van der Waals surface area contributed by atoms with Crippen LogP contribution in [0.3, 0.4) is 0 Å². The summed E-state index contributed by atoms with van der Waals surface area (Å²) in [4.78, 5) is 28.0. The van der Waals surface area contributed by atoms with Gasteiger partial charge in [0.1, 0.15) is 0 Å². The number of rotatable bonds is 7. The number of carbonyl (C=O) groups excluding carboxylic acids is 2. The minimum Gasteiger partial charge on any atom is -0.414 e. The molecule has 0 bridgehead atoms. The van der Waals surface area contributed by atoms with Crippen molar-refractivity contribution < 1.29 is 27.2 Å². The Hall–Kier alpha value is -2.64. The minimum atomic E-state index is -4.56. The van der Waals surface area contributed by atoms with Crippen molar-refractivity contribution in [2.24, 2.45) is 0 Å². The highest BCUT2D eigenvalue weighted by Crippen LogP contribution is 2.40. The van der Waals surface area contributed by atoms with E-state index in [-0.39, 0.29) is 40.3 Å². The molecule has 0 atom stereocenters. The molecule has 0 spiro atoms. The lowest BCUT2D eigenvalue weighted by Gasteiger charge is -2.48. The normalized spacial score (nSPS) is 21.0. The number of benzene rings is 1. The number of anilines is 1. The van der Waals surface area contributed by atoms with Crippen molar-refractivity contribution >= 4 is 37.0 Å². The molecule has 2 aromatic rings. The third-order valence-electron chi connectivity index (χ3n) is 8.80. The van der Waals surface area contributed by atoms with Crippen LogP contribution in [0.25, 0.3) is 10.9 Å². The fourth-order valence-electron chi connectivity index (χ4n) is 5.42. The molecule has 240 valence electrons. The molecule has 2 heterocycles. The van der Waals surface area contributed by atoms with E-state index in [2.05, 4.69) is 59.8 Å². The van der Waals surface area contributed by atoms with Crippen LogP contribution in [-0.2, 0) is 15.4 Å². The Morgan fingerprint density at radius 1 is 1.02 bits per heavy atom. The van der Waals surface area contributed by atoms with Gasteiger partial charge in [0.25, 0.3) is 0 Å². The number of likely N-dealkylation sites (tertiary alicyclic amines) is 1. The SMILES string of the molecule is CC(C)(C)NC(=O)n1nc(NCC(=O)NC2CN(C3CCC(O[Si](C)(C)C(C)(C)C)CC3)C2)c2cc(C(F)(F)F)ccc21. The van der Waals surface area contributed by atoms with Crippen molar-refractivity contribution in [2.45, 2.75) is 115 Å². The lowest BCUT2D eigenvalue weighted by atomic mass is 9.89. The van der Waals surface area contributed by atoms with Crippen LogP contribution in [-0.4, -0.2) is 78.3 Å². The molecule has 0 unspecified atom stereocenters. The van der Waals surface area contributed by atoms with Crippen LogP contribution < -0.4 is 16.0 Å². The number of alkyl halides is 3. The zero-order chi connectivity index (χ0) is 32.0. The summed E-state index contributed by atoms with van der Waals surface area (Å²) in [6.45, 7) is 18.1. The van der Waals surface area contributed by atoms with Crippen LogP contribution in [0.1, 0.15) is 72.8 Å². The largest absolute Gasteiger partial charge is 0.416 e. The van der Waals surface area contributed by atoms with Gasteiger partial charge in [-0.3, -0.25) is 9.69 Å². The third kappa shape index (κ3) is 8.10. The van der Waals surface area contributed by atoms with Gasteiger partial charge >= 0.3 is 12.2 Å². The predicted molar refractivity (Wildman–Crippen MR) is 165 cm³/mol. The molecule has 0 radical (unpaired) electrons. The Kier molecular flexibility index (Phi) is 9.31. The van der Waals surface area contributed by atoms with Gasteiger partial charge in [-0.1, -0.05) is 20.8 Å². The Bertz CT molecular complexity index is 1320. The lowest BCUT2D eigenvalue weighted by molar-refractivity contribution is -0.137. The van der Waals surface area contributed by atoms with Crippen molar-refractivity contribution in [2.75, 3.05) is 25.0 Å². The summed E-state index contributed by atoms with van der Waals surface area (Å²) in [5.41, 5.74) is -1.24. The van der Waals surface area contributed by atoms with Gasteiger partial charge in [-0.05, 0) is 82.8 Å². The number of hydrogen-bond acceptors (Lipinski definition) is 6. The van der Waals surface area contributed by atoms with Crippen LogP contribution in [0.15, 0.2) is 18.2 Å². The first-order valence-corrected chi connectivity index (χ1v) is 18.0. The van der Waals surface area contributed by atoms with E-state index >= 15 is 0 Å². The number of nitrogens with one attached hydrogen (secondary N) is 3. The number of halogens is 3. The quantitative estimate of drug-likeness (QED) is 0.329. The predicted octanol–water partition coefficient (Wildman–Crippen LogP) is 5.96. The van der Waals surface area contributed by atoms with E-state index in [9.17, 15) is 22.8 Å². The molecular weight excluding hydrogens is 577 g/mol. The van der Waals surface area contributed by atoms with E-state index < -0.39 is 31.6 Å². The number of carbonyl (C=O) groups is 2. The molecule has 13 heteroatoms. The van der Waals surface area contributed by atoms with Crippen LogP contribution in [0, 0.1) is 0 Å². The fourth-order valence-corrected chi connectivity index (χ4v) is 6.84. The maximum absolute atomic E-state index is 13.4. The van der Waals surface area contributed by atoms with Crippen LogP contribution in [0.2, 0.25) is 18.1 Å². The second kappa shape index (κ2) is 12.0. The van der Waals surface area contributed by atoms with E-state index in [0.29, 0.717) is 12.1 Å². The third-order valence-corrected chi connectivity index (χ3v) is 13.3. The molecule has 1 aliphatic heterocycles. The maximum atomic E-state index is 13.4. The maximum Gasteiger partial charge on any atom is 0.416 e. The number of fused-ring (bicyclic) bond motifs is 1. The molecule has 1 aromatic carbocycles. The first kappa shape index (κ1) is 33.3. The molecule has 1 saturated carbocycles. The van der Waals surface area contributed by atoms with E-state index in [4.69, 9.17) is 4.43 Å². The second-order valence-corrected chi connectivity index (χ2v) is 19.3. The summed E-state index contributed by atoms with van der Waals surface area (Å²) >= 11 is 0. The van der Waals surface area contributed by atoms with Crippen molar-refractivity contribution in [1.82, 2.24) is 25.3 Å². The monoisotopic (exact) mass is 624 g/mol. The van der Waals surface area contributed by atoms with E-state index in [0.717, 1.165) is 55.6 Å². The molecule has 2 fully saturated rings. The summed E-state index contributed by atoms with van der Waals surface area (Å²) in [6.07, 6.45) is 0.0373. The Balaban J connectivity index is 1.30. The summed E-state index contributed by atoms with van der Waals surface area (Å²) in [7, 11) is -1.78. The van der Waals surface area contributed by atoms with E-state index in [1.807, 2.05) is 0 Å². The highest BCUT2D eigenvalue weighted by atomic mass is 28.4. The number of nitrogens with zero attached hydrogens (tertiary/aromatic N) is 3. The van der Waals surface area contributed by atoms with E-state index in [1.165, 1.54) is 6.07 Å². The van der Waals surface area contributed by atoms with Gasteiger partial charge in [-0.25, -0.2) is 4.79 Å². The van der Waals surface area contributed by atoms with E-state index in [1.54, 1.807) is 20.8 Å². The Morgan fingerprint density at radius 2 is 1.65 bits per heavy atom. The van der Waals surface area contributed by atoms with Crippen molar-refractivity contribution in [3.63, 3.8) is 0 Å². The van der Waals surface area contributed by atoms with Crippen LogP contribution >= 0.6 is 0 Å². The van der Waals surface area contributed by atoms with Gasteiger partial charge in [0.15, 0.2) is 14.1 Å². The standard InChI is InChI=1S/C30H47F3N6O3Si/c1-28(2,3)36-27(41)39-24-14-9-19(30(31,32)33)15-23(24)26(37-39)34-16-25(40)35-20-17-38(18-20)21-10-12-22(13-11-21)42-43(7,8)29(4,5)6/h9,14-15,20-22H,10-13,16-18H2,1-8H3,(H,34,37)(H,35,40)(H,36,41). The second-order valence-electron chi connectivity index (χ2n) is 14.6. The van der Waals surface area contributed by atoms with Gasteiger partial charge in [0, 0.05) is 36.2 Å². The van der Waals surface area contributed by atoms with Crippen LogP contribution in [0.5, 0.6) is 0 Å². The summed E-state index contributed by atoms with van der Waals surface area (Å²) < 4.78 is 47.9. The van der Waals surface area contributed by atoms with Gasteiger partial charge in [-0.15, -0.1) is 5.10 Å². The van der Waals surface area contributed by atoms with Gasteiger partial charge < -0.3 is 20.4 Å². The number of amides is 2. The Labute approximate surface area is 253 Å². The summed E-state index contributed by atoms with van der Waals surface area (Å²) in [5.74, 6) is -0.253. The fraction of sp³-hybridized carbons (Fsp3) is 0.700. The highest BCUT2D eigenvalue weighted by Gasteiger charge is 2.41. The lowest BCUT2D eigenvalue weighted by Crippen LogP contribution is -2.63. The molecule has 3 N–H and O–H groups in total. The Morgan fingerprint density at radius 3 is 2.21 bits per heavy atom. The number of aromatic nitrogens is 2. The molecule has 2 aliphatic rings. The average molecular weight is 625 g/mol. The molecular formula is C30H47F3N6O3Si. The zero-order valence-electron chi connectivity index (χ0n) is 26.6. The topological polar surface area (TPSA) is 101 Å². The minimum absolute atomic E-state index is 0.0131. The molecule has 1 saturated heterocycles. The molecule has 9 nitrogen and oxygen atoms in total. The molecule has 4 rings (SSSR count). The first-order chi connectivity index (χ1) is 19.7. The average Bonchev–Trinajstić information content (AvgIpc) is 3.21. The van der Waals surface area contributed by atoms with Gasteiger partial charge in [-0.2, -0.15) is 17.9 Å². The molecule has 43 heavy (non-hydrogen) atoms. The van der Waals surface area contributed by atoms with Crippen molar-refractivity contribution in [1.29, 1.82) is 0 Å². The summed E-state index contributed by atoms with van der Waals surface area (Å²) in [5, 5.41) is 13.1. The van der Waals surface area contributed by atoms with Gasteiger partial charge in [0.05, 0.1) is 23.7 Å². The highest BCUT2D eigenvalue weighted by molar-refractivity contribution is 6.74. The first-order valence-electron chi connectivity index (χ1n) is 15.1. The van der Waals surface area contributed by atoms with Crippen LogP contribution in [0.4, 0.5) is 23.8 Å². The zero-order valence-corrected chi connectivity index (χ0v) is 27.6. The molecule has 1 aliphatic carbocycles. The smallest absolute Gasteiger partial charge is 0.414 e. The van der Waals surface area contributed by atoms with Crippen molar-refractivity contribution in [3.8, 4) is 0 Å². The van der Waals surface area contributed by atoms with Gasteiger partial charge in [0.2, 0.25) is 5.91 Å². The number of hydrogen-bond donors (Lipinski definition) is 3. The molecule has 2 amide bonds.